The van der Waals surface area contributed by atoms with Crippen molar-refractivity contribution in [3.63, 3.8) is 0 Å². The van der Waals surface area contributed by atoms with Crippen molar-refractivity contribution in [3.8, 4) is 5.75 Å². The van der Waals surface area contributed by atoms with Gasteiger partial charge in [-0.1, -0.05) is 42.5 Å². The molecule has 0 spiro atoms. The standard InChI is InChI=1S/C24H26N2O3/c1-17-8-9-22(29-2)21(14-17)26-16-20(15-23(26)27)24(28)25-12-10-19(11-13-25)18-6-4-3-5-7-18/h3-10,14,20H,11-13,15-16H2,1-2H3. The van der Waals surface area contributed by atoms with Crippen molar-refractivity contribution in [3.05, 3.63) is 65.7 Å². The molecule has 1 fully saturated rings. The number of benzene rings is 2. The molecule has 1 atom stereocenters. The second-order valence-electron chi connectivity index (χ2n) is 7.71. The van der Waals surface area contributed by atoms with Crippen LogP contribution in [0.15, 0.2) is 54.6 Å². The number of aryl methyl sites for hydroxylation is 1. The quantitative estimate of drug-likeness (QED) is 0.800. The number of methoxy groups -OCH3 is 1. The molecule has 2 amide bonds. The van der Waals surface area contributed by atoms with E-state index in [1.165, 1.54) is 11.1 Å². The molecule has 2 aromatic rings. The Morgan fingerprint density at radius 2 is 1.93 bits per heavy atom. The predicted octanol–water partition coefficient (Wildman–Crippen LogP) is 3.67. The summed E-state index contributed by atoms with van der Waals surface area (Å²) < 4.78 is 5.43. The van der Waals surface area contributed by atoms with E-state index in [-0.39, 0.29) is 24.2 Å². The Kier molecular flexibility index (Phi) is 5.38. The number of hydrogen-bond acceptors (Lipinski definition) is 3. The smallest absolute Gasteiger partial charge is 0.228 e. The van der Waals surface area contributed by atoms with E-state index in [0.29, 0.717) is 25.4 Å². The number of anilines is 1. The summed E-state index contributed by atoms with van der Waals surface area (Å²) >= 11 is 0. The Balaban J connectivity index is 1.45. The molecule has 0 radical (unpaired) electrons. The van der Waals surface area contributed by atoms with Crippen LogP contribution in [0.4, 0.5) is 5.69 Å². The highest BCUT2D eigenvalue weighted by molar-refractivity contribution is 6.01. The molecule has 1 saturated heterocycles. The molecule has 1 unspecified atom stereocenters. The molecular weight excluding hydrogens is 364 g/mol. The highest BCUT2D eigenvalue weighted by Gasteiger charge is 2.38. The van der Waals surface area contributed by atoms with Gasteiger partial charge in [0, 0.05) is 26.1 Å². The Morgan fingerprint density at radius 3 is 2.62 bits per heavy atom. The Morgan fingerprint density at radius 1 is 1.14 bits per heavy atom. The number of amides is 2. The maximum atomic E-state index is 13.1. The molecule has 5 nitrogen and oxygen atoms in total. The maximum Gasteiger partial charge on any atom is 0.228 e. The fourth-order valence-corrected chi connectivity index (χ4v) is 4.16. The largest absolute Gasteiger partial charge is 0.495 e. The van der Waals surface area contributed by atoms with Gasteiger partial charge in [-0.05, 0) is 42.2 Å². The average molecular weight is 390 g/mol. The van der Waals surface area contributed by atoms with E-state index in [1.807, 2.05) is 48.2 Å². The first-order valence-electron chi connectivity index (χ1n) is 10.0. The van der Waals surface area contributed by atoms with Crippen molar-refractivity contribution in [2.75, 3.05) is 31.6 Å². The molecule has 2 aromatic carbocycles. The first kappa shape index (κ1) is 19.2. The van der Waals surface area contributed by atoms with Gasteiger partial charge in [0.25, 0.3) is 0 Å². The first-order chi connectivity index (χ1) is 14.1. The van der Waals surface area contributed by atoms with Crippen LogP contribution in [0.5, 0.6) is 5.75 Å². The van der Waals surface area contributed by atoms with Gasteiger partial charge in [0.05, 0.1) is 18.7 Å². The number of ether oxygens (including phenoxy) is 1. The zero-order valence-corrected chi connectivity index (χ0v) is 16.9. The van der Waals surface area contributed by atoms with Crippen LogP contribution < -0.4 is 9.64 Å². The van der Waals surface area contributed by atoms with Crippen LogP contribution in [-0.4, -0.2) is 43.5 Å². The molecule has 29 heavy (non-hydrogen) atoms. The van der Waals surface area contributed by atoms with Crippen LogP contribution in [0.2, 0.25) is 0 Å². The van der Waals surface area contributed by atoms with Crippen molar-refractivity contribution in [2.24, 2.45) is 5.92 Å². The Hall–Kier alpha value is -3.08. The average Bonchev–Trinajstić information content (AvgIpc) is 3.15. The van der Waals surface area contributed by atoms with E-state index in [9.17, 15) is 9.59 Å². The van der Waals surface area contributed by atoms with Gasteiger partial charge in [-0.2, -0.15) is 0 Å². The monoisotopic (exact) mass is 390 g/mol. The van der Waals surface area contributed by atoms with Crippen molar-refractivity contribution in [1.82, 2.24) is 4.90 Å². The Bertz CT molecular complexity index is 952. The lowest BCUT2D eigenvalue weighted by atomic mass is 9.98. The van der Waals surface area contributed by atoms with Gasteiger partial charge in [0.2, 0.25) is 11.8 Å². The summed E-state index contributed by atoms with van der Waals surface area (Å²) in [7, 11) is 1.60. The van der Waals surface area contributed by atoms with Crippen LogP contribution in [0.1, 0.15) is 24.0 Å². The zero-order chi connectivity index (χ0) is 20.4. The van der Waals surface area contributed by atoms with Gasteiger partial charge in [0.15, 0.2) is 0 Å². The van der Waals surface area contributed by atoms with Crippen molar-refractivity contribution >= 4 is 23.1 Å². The fourth-order valence-electron chi connectivity index (χ4n) is 4.16. The molecule has 0 aliphatic carbocycles. The molecule has 4 rings (SSSR count). The minimum absolute atomic E-state index is 0.0234. The topological polar surface area (TPSA) is 49.9 Å². The molecule has 2 heterocycles. The highest BCUT2D eigenvalue weighted by atomic mass is 16.5. The molecule has 0 bridgehead atoms. The molecule has 5 heteroatoms. The van der Waals surface area contributed by atoms with E-state index >= 15 is 0 Å². The van der Waals surface area contributed by atoms with E-state index in [4.69, 9.17) is 4.74 Å². The van der Waals surface area contributed by atoms with Crippen LogP contribution >= 0.6 is 0 Å². The second kappa shape index (κ2) is 8.11. The summed E-state index contributed by atoms with van der Waals surface area (Å²) in [5, 5.41) is 0. The van der Waals surface area contributed by atoms with Crippen molar-refractivity contribution in [1.29, 1.82) is 0 Å². The van der Waals surface area contributed by atoms with Crippen LogP contribution in [0.3, 0.4) is 0 Å². The zero-order valence-electron chi connectivity index (χ0n) is 16.9. The summed E-state index contributed by atoms with van der Waals surface area (Å²) in [5.41, 5.74) is 4.30. The van der Waals surface area contributed by atoms with Crippen LogP contribution in [0.25, 0.3) is 5.57 Å². The normalized spacial score (nSPS) is 19.3. The molecule has 150 valence electrons. The van der Waals surface area contributed by atoms with Gasteiger partial charge >= 0.3 is 0 Å². The number of hydrogen-bond donors (Lipinski definition) is 0. The third-order valence-corrected chi connectivity index (χ3v) is 5.76. The SMILES string of the molecule is COc1ccc(C)cc1N1CC(C(=O)N2CC=C(c3ccccc3)CC2)CC1=O. The lowest BCUT2D eigenvalue weighted by molar-refractivity contribution is -0.135. The van der Waals surface area contributed by atoms with Crippen molar-refractivity contribution in [2.45, 2.75) is 19.8 Å². The maximum absolute atomic E-state index is 13.1. The lowest BCUT2D eigenvalue weighted by Crippen LogP contribution is -2.40. The number of carbonyl (C=O) groups is 2. The van der Waals surface area contributed by atoms with E-state index in [1.54, 1.807) is 12.0 Å². The Labute approximate surface area is 171 Å². The third kappa shape index (κ3) is 3.90. The summed E-state index contributed by atoms with van der Waals surface area (Å²) in [4.78, 5) is 29.3. The van der Waals surface area contributed by atoms with Crippen LogP contribution in [0, 0.1) is 12.8 Å². The number of rotatable bonds is 4. The molecular formula is C24H26N2O3. The van der Waals surface area contributed by atoms with Gasteiger partial charge in [-0.3, -0.25) is 9.59 Å². The van der Waals surface area contributed by atoms with Gasteiger partial charge in [0.1, 0.15) is 5.75 Å². The summed E-state index contributed by atoms with van der Waals surface area (Å²) in [5.74, 6) is 0.394. The lowest BCUT2D eigenvalue weighted by Gasteiger charge is -2.29. The van der Waals surface area contributed by atoms with Gasteiger partial charge in [-0.15, -0.1) is 0 Å². The summed E-state index contributed by atoms with van der Waals surface area (Å²) in [6.45, 7) is 3.68. The van der Waals surface area contributed by atoms with Crippen LogP contribution in [-0.2, 0) is 9.59 Å². The molecule has 0 N–H and O–H groups in total. The number of nitrogens with zero attached hydrogens (tertiary/aromatic N) is 2. The second-order valence-corrected chi connectivity index (χ2v) is 7.71. The van der Waals surface area contributed by atoms with Crippen molar-refractivity contribution < 1.29 is 14.3 Å². The summed E-state index contributed by atoms with van der Waals surface area (Å²) in [6, 6.07) is 16.0. The predicted molar refractivity (Wildman–Crippen MR) is 114 cm³/mol. The molecule has 0 aromatic heterocycles. The number of carbonyl (C=O) groups excluding carboxylic acids is 2. The van der Waals surface area contributed by atoms with E-state index in [0.717, 1.165) is 17.7 Å². The minimum atomic E-state index is -0.306. The molecule has 0 saturated carbocycles. The van der Waals surface area contributed by atoms with Gasteiger partial charge in [-0.25, -0.2) is 0 Å². The van der Waals surface area contributed by atoms with E-state index in [2.05, 4.69) is 18.2 Å². The molecule has 2 aliphatic rings. The summed E-state index contributed by atoms with van der Waals surface area (Å²) in [6.07, 6.45) is 3.22. The van der Waals surface area contributed by atoms with Gasteiger partial charge < -0.3 is 14.5 Å². The minimum Gasteiger partial charge on any atom is -0.495 e. The molecule has 2 aliphatic heterocycles. The highest BCUT2D eigenvalue weighted by Crippen LogP contribution is 2.34. The van der Waals surface area contributed by atoms with E-state index < -0.39 is 0 Å². The first-order valence-corrected chi connectivity index (χ1v) is 10.0. The fraction of sp³-hybridized carbons (Fsp3) is 0.333. The third-order valence-electron chi connectivity index (χ3n) is 5.76.